The first-order chi connectivity index (χ1) is 9.24. The lowest BCUT2D eigenvalue weighted by atomic mass is 9.72. The van der Waals surface area contributed by atoms with Gasteiger partial charge < -0.3 is 10.5 Å². The quantitative estimate of drug-likeness (QED) is 0.815. The second kappa shape index (κ2) is 6.46. The molecule has 0 aromatic carbocycles. The number of rotatable bonds is 7. The van der Waals surface area contributed by atoms with Gasteiger partial charge in [0.05, 0.1) is 11.8 Å². The van der Waals surface area contributed by atoms with Crippen molar-refractivity contribution in [3.63, 3.8) is 0 Å². The highest BCUT2D eigenvalue weighted by Gasteiger charge is 2.47. The van der Waals surface area contributed by atoms with Crippen molar-refractivity contribution in [3.8, 4) is 0 Å². The van der Waals surface area contributed by atoms with Crippen LogP contribution in [0.4, 0.5) is 0 Å². The molecule has 0 aliphatic heterocycles. The first kappa shape index (κ1) is 14.4. The Labute approximate surface area is 116 Å². The Morgan fingerprint density at radius 1 is 1.42 bits per heavy atom. The summed E-state index contributed by atoms with van der Waals surface area (Å²) in [5.41, 5.74) is 7.25. The molecule has 1 aromatic heterocycles. The van der Waals surface area contributed by atoms with Gasteiger partial charge in [0, 0.05) is 31.4 Å². The van der Waals surface area contributed by atoms with E-state index in [1.807, 2.05) is 25.3 Å². The summed E-state index contributed by atoms with van der Waals surface area (Å²) in [5, 5.41) is 0. The summed E-state index contributed by atoms with van der Waals surface area (Å²) in [6, 6.07) is 6.06. The fraction of sp³-hybridized carbons (Fsp3) is 0.667. The van der Waals surface area contributed by atoms with Gasteiger partial charge in [-0.15, -0.1) is 0 Å². The largest absolute Gasteiger partial charge is 0.378 e. The van der Waals surface area contributed by atoms with Gasteiger partial charge in [-0.1, -0.05) is 13.0 Å². The number of hydrogen-bond acceptors (Lipinski definition) is 4. The number of nitrogens with zero attached hydrogens (tertiary/aromatic N) is 2. The van der Waals surface area contributed by atoms with E-state index in [4.69, 9.17) is 10.5 Å². The van der Waals surface area contributed by atoms with Crippen molar-refractivity contribution in [3.05, 3.63) is 30.1 Å². The molecule has 0 unspecified atom stereocenters. The fourth-order valence-corrected chi connectivity index (χ4v) is 3.00. The van der Waals surface area contributed by atoms with Crippen LogP contribution in [0.1, 0.15) is 32.4 Å². The van der Waals surface area contributed by atoms with Crippen LogP contribution in [0.25, 0.3) is 0 Å². The van der Waals surface area contributed by atoms with Crippen molar-refractivity contribution >= 4 is 0 Å². The third kappa shape index (κ3) is 3.14. The molecule has 0 spiro atoms. The number of pyridine rings is 1. The maximum atomic E-state index is 6.04. The number of nitrogens with two attached hydrogens (primary N) is 1. The topological polar surface area (TPSA) is 51.4 Å². The van der Waals surface area contributed by atoms with Crippen LogP contribution in [0.5, 0.6) is 0 Å². The van der Waals surface area contributed by atoms with Gasteiger partial charge in [-0.2, -0.15) is 0 Å². The van der Waals surface area contributed by atoms with Gasteiger partial charge in [-0.3, -0.25) is 9.88 Å². The van der Waals surface area contributed by atoms with E-state index in [9.17, 15) is 0 Å². The van der Waals surface area contributed by atoms with Crippen LogP contribution in [0.15, 0.2) is 24.4 Å². The van der Waals surface area contributed by atoms with E-state index >= 15 is 0 Å². The van der Waals surface area contributed by atoms with Crippen LogP contribution >= 0.6 is 0 Å². The van der Waals surface area contributed by atoms with E-state index in [0.717, 1.165) is 38.2 Å². The summed E-state index contributed by atoms with van der Waals surface area (Å²) >= 11 is 0. The molecule has 0 amide bonds. The molecule has 4 nitrogen and oxygen atoms in total. The zero-order chi connectivity index (χ0) is 13.7. The molecule has 0 radical (unpaired) electrons. The normalized spacial score (nSPS) is 26.4. The Balaban J connectivity index is 2.00. The van der Waals surface area contributed by atoms with E-state index < -0.39 is 0 Å². The zero-order valence-corrected chi connectivity index (χ0v) is 12.0. The Bertz CT molecular complexity index is 376. The number of likely N-dealkylation sites (N-methyl/N-ethyl adjacent to an activating group) is 1. The van der Waals surface area contributed by atoms with Gasteiger partial charge >= 0.3 is 0 Å². The van der Waals surface area contributed by atoms with Crippen LogP contribution in [0, 0.1) is 0 Å². The van der Waals surface area contributed by atoms with Crippen LogP contribution in [0.2, 0.25) is 0 Å². The molecule has 1 fully saturated rings. The molecular formula is C15H25N3O. The molecule has 1 heterocycles. The highest BCUT2D eigenvalue weighted by atomic mass is 16.5. The molecule has 106 valence electrons. The molecule has 2 rings (SSSR count). The number of hydrogen-bond donors (Lipinski definition) is 1. The number of ether oxygens (including phenoxy) is 1. The lowest BCUT2D eigenvalue weighted by molar-refractivity contribution is -0.102. The molecule has 1 aliphatic carbocycles. The highest BCUT2D eigenvalue weighted by molar-refractivity contribution is 5.09. The summed E-state index contributed by atoms with van der Waals surface area (Å²) in [4.78, 5) is 6.86. The van der Waals surface area contributed by atoms with Crippen molar-refractivity contribution in [2.75, 3.05) is 19.7 Å². The Morgan fingerprint density at radius 3 is 2.74 bits per heavy atom. The van der Waals surface area contributed by atoms with Crippen LogP contribution in [-0.2, 0) is 11.3 Å². The Kier molecular flexibility index (Phi) is 4.91. The van der Waals surface area contributed by atoms with Crippen molar-refractivity contribution in [1.82, 2.24) is 9.88 Å². The van der Waals surface area contributed by atoms with E-state index in [2.05, 4.69) is 22.9 Å². The molecule has 0 saturated heterocycles. The summed E-state index contributed by atoms with van der Waals surface area (Å²) in [6.07, 6.45) is 4.31. The first-order valence-electron chi connectivity index (χ1n) is 7.20. The zero-order valence-electron chi connectivity index (χ0n) is 12.0. The maximum Gasteiger partial charge on any atom is 0.0611 e. The summed E-state index contributed by atoms with van der Waals surface area (Å²) in [6.45, 7) is 7.58. The lowest BCUT2D eigenvalue weighted by Gasteiger charge is -2.53. The lowest BCUT2D eigenvalue weighted by Crippen LogP contribution is -2.63. The molecule has 1 aliphatic rings. The minimum atomic E-state index is 0.103. The molecule has 19 heavy (non-hydrogen) atoms. The average molecular weight is 263 g/mol. The van der Waals surface area contributed by atoms with Crippen LogP contribution in [0.3, 0.4) is 0 Å². The average Bonchev–Trinajstić information content (AvgIpc) is 2.41. The van der Waals surface area contributed by atoms with E-state index in [1.165, 1.54) is 0 Å². The highest BCUT2D eigenvalue weighted by Crippen LogP contribution is 2.39. The van der Waals surface area contributed by atoms with E-state index in [0.29, 0.717) is 12.6 Å². The SMILES string of the molecule is CCOC1CC(CN)(N(CC)Cc2ccccn2)C1. The fourth-order valence-electron chi connectivity index (χ4n) is 3.00. The van der Waals surface area contributed by atoms with Gasteiger partial charge in [0.25, 0.3) is 0 Å². The maximum absolute atomic E-state index is 6.04. The van der Waals surface area contributed by atoms with Gasteiger partial charge in [0.2, 0.25) is 0 Å². The summed E-state index contributed by atoms with van der Waals surface area (Å²) < 4.78 is 5.68. The third-order valence-electron chi connectivity index (χ3n) is 4.13. The molecule has 0 atom stereocenters. The first-order valence-corrected chi connectivity index (χ1v) is 7.20. The van der Waals surface area contributed by atoms with E-state index in [1.54, 1.807) is 0 Å². The van der Waals surface area contributed by atoms with E-state index in [-0.39, 0.29) is 5.54 Å². The smallest absolute Gasteiger partial charge is 0.0611 e. The molecular weight excluding hydrogens is 238 g/mol. The minimum absolute atomic E-state index is 0.103. The van der Waals surface area contributed by atoms with Crippen molar-refractivity contribution in [2.24, 2.45) is 5.73 Å². The second-order valence-electron chi connectivity index (χ2n) is 5.25. The van der Waals surface area contributed by atoms with Crippen LogP contribution in [-0.4, -0.2) is 41.2 Å². The minimum Gasteiger partial charge on any atom is -0.378 e. The standard InChI is InChI=1S/C15H25N3O/c1-3-18(11-13-7-5-6-8-17-13)15(12-16)9-14(10-15)19-4-2/h5-8,14H,3-4,9-12,16H2,1-2H3. The van der Waals surface area contributed by atoms with Crippen molar-refractivity contribution in [2.45, 2.75) is 44.9 Å². The molecule has 0 bridgehead atoms. The van der Waals surface area contributed by atoms with Crippen LogP contribution < -0.4 is 5.73 Å². The molecule has 1 aromatic rings. The molecule has 2 N–H and O–H groups in total. The molecule has 1 saturated carbocycles. The van der Waals surface area contributed by atoms with Crippen molar-refractivity contribution in [1.29, 1.82) is 0 Å². The Hall–Kier alpha value is -0.970. The van der Waals surface area contributed by atoms with Gasteiger partial charge in [0.15, 0.2) is 0 Å². The van der Waals surface area contributed by atoms with Gasteiger partial charge in [-0.05, 0) is 38.4 Å². The Morgan fingerprint density at radius 2 is 2.21 bits per heavy atom. The van der Waals surface area contributed by atoms with Gasteiger partial charge in [0.1, 0.15) is 0 Å². The third-order valence-corrected chi connectivity index (χ3v) is 4.13. The number of aromatic nitrogens is 1. The summed E-state index contributed by atoms with van der Waals surface area (Å²) in [5.74, 6) is 0. The van der Waals surface area contributed by atoms with Gasteiger partial charge in [-0.25, -0.2) is 0 Å². The monoisotopic (exact) mass is 263 g/mol. The second-order valence-corrected chi connectivity index (χ2v) is 5.25. The predicted octanol–water partition coefficient (Wildman–Crippen LogP) is 1.80. The van der Waals surface area contributed by atoms with Crippen molar-refractivity contribution < 1.29 is 4.74 Å². The molecule has 4 heteroatoms. The summed E-state index contributed by atoms with van der Waals surface area (Å²) in [7, 11) is 0. The predicted molar refractivity (Wildman–Crippen MR) is 76.8 cm³/mol.